The molecular weight excluding hydrogens is 350 g/mol. The van der Waals surface area contributed by atoms with Crippen molar-refractivity contribution in [2.24, 2.45) is 0 Å². The molecule has 150 valence electrons. The molecule has 0 atom stereocenters. The fourth-order valence-electron chi connectivity index (χ4n) is 3.71. The van der Waals surface area contributed by atoms with Gasteiger partial charge in [0, 0.05) is 19.0 Å². The molecule has 0 aromatic carbocycles. The van der Waals surface area contributed by atoms with E-state index in [0.29, 0.717) is 18.4 Å². The first-order chi connectivity index (χ1) is 13.2. The van der Waals surface area contributed by atoms with Gasteiger partial charge in [-0.2, -0.15) is 0 Å². The highest BCUT2D eigenvalue weighted by molar-refractivity contribution is 5.85. The van der Waals surface area contributed by atoms with Crippen LogP contribution in [-0.2, 0) is 10.3 Å². The summed E-state index contributed by atoms with van der Waals surface area (Å²) in [6.07, 6.45) is 2.16. The normalized spacial score (nSPS) is 12.2. The summed E-state index contributed by atoms with van der Waals surface area (Å²) in [5.74, 6) is 0.969. The minimum absolute atomic E-state index is 0.158. The van der Waals surface area contributed by atoms with Crippen LogP contribution < -0.4 is 4.74 Å². The Morgan fingerprint density at radius 2 is 1.79 bits per heavy atom. The smallest absolute Gasteiger partial charge is 0.222 e. The van der Waals surface area contributed by atoms with Crippen LogP contribution in [0.15, 0.2) is 24.4 Å². The molecule has 0 unspecified atom stereocenters. The first-order valence-corrected chi connectivity index (χ1v) is 9.73. The Labute approximate surface area is 167 Å². The van der Waals surface area contributed by atoms with Crippen LogP contribution in [0, 0.1) is 13.8 Å². The van der Waals surface area contributed by atoms with Crippen LogP contribution in [0.1, 0.15) is 50.4 Å². The van der Waals surface area contributed by atoms with Gasteiger partial charge in [-0.3, -0.25) is 0 Å². The van der Waals surface area contributed by atoms with Gasteiger partial charge in [-0.1, -0.05) is 13.8 Å². The molecule has 0 aliphatic heterocycles. The zero-order valence-electron chi connectivity index (χ0n) is 18.3. The maximum atomic E-state index is 5.61. The van der Waals surface area contributed by atoms with E-state index in [1.54, 1.807) is 14.2 Å². The van der Waals surface area contributed by atoms with Crippen molar-refractivity contribution < 1.29 is 9.47 Å². The van der Waals surface area contributed by atoms with Crippen LogP contribution in [0.5, 0.6) is 5.88 Å². The number of aryl methyl sites for hydroxylation is 2. The molecule has 0 N–H and O–H groups in total. The summed E-state index contributed by atoms with van der Waals surface area (Å²) in [6.45, 7) is 13.4. The molecule has 3 aromatic rings. The SMILES string of the molecule is COCC(C)(C)n1cc(C)c2nc(-c3ccc(C(C)C)nc3OC)c(C)cc21. The molecule has 0 fully saturated rings. The zero-order valence-corrected chi connectivity index (χ0v) is 18.3. The maximum absolute atomic E-state index is 5.61. The molecule has 0 spiro atoms. The van der Waals surface area contributed by atoms with E-state index in [9.17, 15) is 0 Å². The first kappa shape index (κ1) is 20.3. The van der Waals surface area contributed by atoms with Crippen molar-refractivity contribution in [2.45, 2.75) is 53.0 Å². The van der Waals surface area contributed by atoms with Gasteiger partial charge in [-0.15, -0.1) is 0 Å². The Kier molecular flexibility index (Phi) is 5.48. The number of rotatable bonds is 6. The topological polar surface area (TPSA) is 49.2 Å². The Bertz CT molecular complexity index is 1000. The molecule has 0 amide bonds. The van der Waals surface area contributed by atoms with Crippen LogP contribution in [0.2, 0.25) is 0 Å². The Hall–Kier alpha value is -2.40. The van der Waals surface area contributed by atoms with Gasteiger partial charge in [0.1, 0.15) is 0 Å². The molecule has 0 aliphatic rings. The van der Waals surface area contributed by atoms with Crippen molar-refractivity contribution in [3.63, 3.8) is 0 Å². The highest BCUT2D eigenvalue weighted by Crippen LogP contribution is 2.35. The summed E-state index contributed by atoms with van der Waals surface area (Å²) in [7, 11) is 3.40. The molecule has 3 rings (SSSR count). The van der Waals surface area contributed by atoms with Crippen LogP contribution >= 0.6 is 0 Å². The lowest BCUT2D eigenvalue weighted by Gasteiger charge is -2.27. The lowest BCUT2D eigenvalue weighted by atomic mass is 10.0. The minimum Gasteiger partial charge on any atom is -0.480 e. The standard InChI is InChI=1S/C23H31N3O2/c1-14(2)18-10-9-17(22(24-18)28-8)20-15(3)11-19-21(25-20)16(4)12-26(19)23(5,6)13-27-7/h9-12,14H,13H2,1-8H3. The third-order valence-corrected chi connectivity index (χ3v) is 5.22. The van der Waals surface area contributed by atoms with Crippen molar-refractivity contribution in [1.82, 2.24) is 14.5 Å². The predicted molar refractivity (Wildman–Crippen MR) is 114 cm³/mol. The van der Waals surface area contributed by atoms with Gasteiger partial charge in [0.2, 0.25) is 5.88 Å². The van der Waals surface area contributed by atoms with Gasteiger partial charge in [0.05, 0.1) is 41.5 Å². The van der Waals surface area contributed by atoms with E-state index >= 15 is 0 Å². The Morgan fingerprint density at radius 3 is 2.39 bits per heavy atom. The van der Waals surface area contributed by atoms with Crippen molar-refractivity contribution in [3.8, 4) is 17.1 Å². The van der Waals surface area contributed by atoms with Crippen LogP contribution in [-0.4, -0.2) is 35.4 Å². The molecular formula is C23H31N3O2. The van der Waals surface area contributed by atoms with E-state index < -0.39 is 0 Å². The average molecular weight is 382 g/mol. The molecule has 28 heavy (non-hydrogen) atoms. The van der Waals surface area contributed by atoms with Crippen LogP contribution in [0.4, 0.5) is 0 Å². The van der Waals surface area contributed by atoms with Gasteiger partial charge in [-0.25, -0.2) is 9.97 Å². The molecule has 5 nitrogen and oxygen atoms in total. The van der Waals surface area contributed by atoms with E-state index in [0.717, 1.165) is 39.1 Å². The second kappa shape index (κ2) is 7.55. The van der Waals surface area contributed by atoms with Gasteiger partial charge in [-0.05, 0) is 62.9 Å². The van der Waals surface area contributed by atoms with Crippen LogP contribution in [0.3, 0.4) is 0 Å². The second-order valence-corrected chi connectivity index (χ2v) is 8.40. The quantitative estimate of drug-likeness (QED) is 0.587. The first-order valence-electron chi connectivity index (χ1n) is 9.73. The van der Waals surface area contributed by atoms with Crippen molar-refractivity contribution in [2.75, 3.05) is 20.8 Å². The average Bonchev–Trinajstić information content (AvgIpc) is 2.97. The largest absolute Gasteiger partial charge is 0.480 e. The fourth-order valence-corrected chi connectivity index (χ4v) is 3.71. The van der Waals surface area contributed by atoms with E-state index in [4.69, 9.17) is 19.4 Å². The summed E-state index contributed by atoms with van der Waals surface area (Å²) < 4.78 is 13.3. The summed E-state index contributed by atoms with van der Waals surface area (Å²) in [4.78, 5) is 9.74. The lowest BCUT2D eigenvalue weighted by Crippen LogP contribution is -2.30. The molecule has 3 aromatic heterocycles. The van der Waals surface area contributed by atoms with E-state index in [1.807, 2.05) is 0 Å². The number of ether oxygens (including phenoxy) is 2. The fraction of sp³-hybridized carbons (Fsp3) is 0.478. The third-order valence-electron chi connectivity index (χ3n) is 5.22. The van der Waals surface area contributed by atoms with E-state index in [-0.39, 0.29) is 5.54 Å². The zero-order chi connectivity index (χ0) is 20.6. The van der Waals surface area contributed by atoms with Crippen molar-refractivity contribution >= 4 is 11.0 Å². The predicted octanol–water partition coefficient (Wildman–Crippen LogP) is 5.23. The molecule has 0 radical (unpaired) electrons. The van der Waals surface area contributed by atoms with Gasteiger partial charge in [0.25, 0.3) is 0 Å². The molecule has 5 heteroatoms. The second-order valence-electron chi connectivity index (χ2n) is 8.40. The third kappa shape index (κ3) is 3.51. The van der Waals surface area contributed by atoms with Gasteiger partial charge < -0.3 is 14.0 Å². The van der Waals surface area contributed by atoms with E-state index in [2.05, 4.69) is 70.5 Å². The minimum atomic E-state index is -0.158. The summed E-state index contributed by atoms with van der Waals surface area (Å²) in [6, 6.07) is 6.34. The number of hydrogen-bond donors (Lipinski definition) is 0. The number of nitrogens with zero attached hydrogens (tertiary/aromatic N) is 3. The van der Waals surface area contributed by atoms with Crippen molar-refractivity contribution in [1.29, 1.82) is 0 Å². The van der Waals surface area contributed by atoms with Gasteiger partial charge in [0.15, 0.2) is 0 Å². The number of hydrogen-bond acceptors (Lipinski definition) is 4. The summed E-state index contributed by atoms with van der Waals surface area (Å²) in [5, 5.41) is 0. The van der Waals surface area contributed by atoms with E-state index in [1.165, 1.54) is 0 Å². The number of fused-ring (bicyclic) bond motifs is 1. The van der Waals surface area contributed by atoms with Gasteiger partial charge >= 0.3 is 0 Å². The summed E-state index contributed by atoms with van der Waals surface area (Å²) in [5.41, 5.74) is 7.06. The number of methoxy groups -OCH3 is 2. The monoisotopic (exact) mass is 381 g/mol. The Morgan fingerprint density at radius 1 is 1.07 bits per heavy atom. The lowest BCUT2D eigenvalue weighted by molar-refractivity contribution is 0.112. The van der Waals surface area contributed by atoms with Crippen LogP contribution in [0.25, 0.3) is 22.3 Å². The number of pyridine rings is 2. The highest BCUT2D eigenvalue weighted by Gasteiger charge is 2.24. The molecule has 0 aliphatic carbocycles. The number of aromatic nitrogens is 3. The highest BCUT2D eigenvalue weighted by atomic mass is 16.5. The molecule has 0 saturated carbocycles. The summed E-state index contributed by atoms with van der Waals surface area (Å²) >= 11 is 0. The molecule has 0 saturated heterocycles. The molecule has 0 bridgehead atoms. The van der Waals surface area contributed by atoms with Crippen molar-refractivity contribution in [3.05, 3.63) is 41.2 Å². The maximum Gasteiger partial charge on any atom is 0.222 e. The molecule has 3 heterocycles. The Balaban J connectivity index is 2.20.